The maximum atomic E-state index is 11.8. The molecule has 2 aromatic rings. The van der Waals surface area contributed by atoms with Gasteiger partial charge in [0.1, 0.15) is 5.75 Å². The number of hydrazine groups is 1. The molecule has 0 aliphatic heterocycles. The third kappa shape index (κ3) is 5.82. The highest BCUT2D eigenvalue weighted by Crippen LogP contribution is 2.15. The molecule has 0 saturated heterocycles. The van der Waals surface area contributed by atoms with Crippen molar-refractivity contribution < 1.29 is 19.1 Å². The number of amides is 3. The summed E-state index contributed by atoms with van der Waals surface area (Å²) in [5.41, 5.74) is 5.43. The zero-order valence-corrected chi connectivity index (χ0v) is 14.1. The Kier molecular flexibility index (Phi) is 6.36. The second-order valence-electron chi connectivity index (χ2n) is 5.01. The maximum Gasteiger partial charge on any atom is 0.328 e. The molecule has 3 amide bonds. The molecule has 0 unspecified atom stereocenters. The maximum absolute atomic E-state index is 11.8. The van der Waals surface area contributed by atoms with Gasteiger partial charge in [0, 0.05) is 10.7 Å². The fourth-order valence-electron chi connectivity index (χ4n) is 1.79. The number of para-hydroxylation sites is 1. The number of benzene rings is 2. The first-order valence-corrected chi connectivity index (χ1v) is 7.67. The summed E-state index contributed by atoms with van der Waals surface area (Å²) in [6.45, 7) is 1.46. The van der Waals surface area contributed by atoms with E-state index in [4.69, 9.17) is 16.3 Å². The summed E-state index contributed by atoms with van der Waals surface area (Å²) in [7, 11) is 0. The number of carbonyl (C=O) groups is 3. The molecule has 0 atom stereocenters. The van der Waals surface area contributed by atoms with Crippen LogP contribution < -0.4 is 20.9 Å². The fraction of sp³-hybridized carbons (Fsp3) is 0.118. The van der Waals surface area contributed by atoms with Gasteiger partial charge in [-0.15, -0.1) is 0 Å². The van der Waals surface area contributed by atoms with Crippen LogP contribution in [0.2, 0.25) is 5.02 Å². The van der Waals surface area contributed by atoms with Gasteiger partial charge < -0.3 is 10.1 Å². The topological polar surface area (TPSA) is 96.5 Å². The lowest BCUT2D eigenvalue weighted by Crippen LogP contribution is -2.48. The van der Waals surface area contributed by atoms with Crippen LogP contribution in [0.4, 0.5) is 5.69 Å². The summed E-state index contributed by atoms with van der Waals surface area (Å²) >= 11 is 5.74. The lowest BCUT2D eigenvalue weighted by molar-refractivity contribution is -0.138. The largest absolute Gasteiger partial charge is 0.484 e. The summed E-state index contributed by atoms with van der Waals surface area (Å²) in [5.74, 6) is -2.06. The number of carbonyl (C=O) groups excluding carboxylic acids is 3. The Bertz CT molecular complexity index is 778. The van der Waals surface area contributed by atoms with Gasteiger partial charge in [0.05, 0.1) is 0 Å². The Labute approximate surface area is 149 Å². The Morgan fingerprint density at radius 3 is 2.32 bits per heavy atom. The zero-order valence-electron chi connectivity index (χ0n) is 13.3. The van der Waals surface area contributed by atoms with Gasteiger partial charge in [-0.05, 0) is 42.8 Å². The molecule has 2 aromatic carbocycles. The van der Waals surface area contributed by atoms with Crippen molar-refractivity contribution in [3.63, 3.8) is 0 Å². The SMILES string of the molecule is Cc1ccccc1NC(=O)C(=O)NNC(=O)COc1ccc(Cl)cc1. The molecule has 2 rings (SSSR count). The van der Waals surface area contributed by atoms with Gasteiger partial charge >= 0.3 is 11.8 Å². The minimum Gasteiger partial charge on any atom is -0.484 e. The number of ether oxygens (including phenoxy) is 1. The third-order valence-corrected chi connectivity index (χ3v) is 3.35. The Hall–Kier alpha value is -3.06. The highest BCUT2D eigenvalue weighted by atomic mass is 35.5. The van der Waals surface area contributed by atoms with Crippen LogP contribution in [0.5, 0.6) is 5.75 Å². The average molecular weight is 362 g/mol. The standard InChI is InChI=1S/C17H16ClN3O4/c1-11-4-2-3-5-14(11)19-16(23)17(24)21-20-15(22)10-25-13-8-6-12(18)7-9-13/h2-9H,10H2,1H3,(H,19,23)(H,20,22)(H,21,24). The highest BCUT2D eigenvalue weighted by molar-refractivity contribution is 6.39. The monoisotopic (exact) mass is 361 g/mol. The number of rotatable bonds is 4. The number of anilines is 1. The molecule has 0 spiro atoms. The van der Waals surface area contributed by atoms with Crippen LogP contribution in [-0.2, 0) is 14.4 Å². The van der Waals surface area contributed by atoms with E-state index in [0.29, 0.717) is 16.5 Å². The molecular formula is C17H16ClN3O4. The first kappa shape index (κ1) is 18.3. The molecular weight excluding hydrogens is 346 g/mol. The number of halogens is 1. The van der Waals surface area contributed by atoms with Crippen molar-refractivity contribution >= 4 is 35.0 Å². The van der Waals surface area contributed by atoms with Gasteiger partial charge in [-0.1, -0.05) is 29.8 Å². The van der Waals surface area contributed by atoms with E-state index < -0.39 is 17.7 Å². The van der Waals surface area contributed by atoms with Gasteiger partial charge in [-0.3, -0.25) is 25.2 Å². The molecule has 0 heterocycles. The molecule has 0 fully saturated rings. The van der Waals surface area contributed by atoms with Crippen molar-refractivity contribution in [2.45, 2.75) is 6.92 Å². The van der Waals surface area contributed by atoms with E-state index in [1.807, 2.05) is 11.5 Å². The molecule has 3 N–H and O–H groups in total. The summed E-state index contributed by atoms with van der Waals surface area (Å²) in [5, 5.41) is 3.00. The predicted molar refractivity (Wildman–Crippen MR) is 93.0 cm³/mol. The third-order valence-electron chi connectivity index (χ3n) is 3.10. The van der Waals surface area contributed by atoms with Crippen LogP contribution in [0.15, 0.2) is 48.5 Å². The van der Waals surface area contributed by atoms with Crippen LogP contribution in [0, 0.1) is 6.92 Å². The van der Waals surface area contributed by atoms with Crippen molar-refractivity contribution in [3.05, 3.63) is 59.1 Å². The van der Waals surface area contributed by atoms with Crippen LogP contribution >= 0.6 is 11.6 Å². The molecule has 0 aliphatic rings. The van der Waals surface area contributed by atoms with Gasteiger partial charge in [0.2, 0.25) is 0 Å². The van der Waals surface area contributed by atoms with Crippen molar-refractivity contribution in [2.24, 2.45) is 0 Å². The molecule has 7 nitrogen and oxygen atoms in total. The molecule has 25 heavy (non-hydrogen) atoms. The minimum atomic E-state index is -0.997. The molecule has 130 valence electrons. The minimum absolute atomic E-state index is 0.332. The smallest absolute Gasteiger partial charge is 0.328 e. The summed E-state index contributed by atoms with van der Waals surface area (Å²) < 4.78 is 5.20. The number of hydrogen-bond donors (Lipinski definition) is 3. The Morgan fingerprint density at radius 2 is 1.64 bits per heavy atom. The number of aryl methyl sites for hydroxylation is 1. The number of hydrogen-bond acceptors (Lipinski definition) is 4. The second-order valence-corrected chi connectivity index (χ2v) is 5.45. The first-order chi connectivity index (χ1) is 12.0. The lowest BCUT2D eigenvalue weighted by Gasteiger charge is -2.10. The number of nitrogens with one attached hydrogen (secondary N) is 3. The van der Waals surface area contributed by atoms with E-state index in [0.717, 1.165) is 5.56 Å². The Balaban J connectivity index is 1.75. The van der Waals surface area contributed by atoms with Gasteiger partial charge in [0.15, 0.2) is 6.61 Å². The van der Waals surface area contributed by atoms with Crippen molar-refractivity contribution in [1.82, 2.24) is 10.9 Å². The van der Waals surface area contributed by atoms with Gasteiger partial charge in [-0.2, -0.15) is 0 Å². The first-order valence-electron chi connectivity index (χ1n) is 7.30. The molecule has 0 saturated carbocycles. The summed E-state index contributed by atoms with van der Waals surface area (Å²) in [4.78, 5) is 35.1. The van der Waals surface area contributed by atoms with Crippen LogP contribution in [0.1, 0.15) is 5.56 Å². The van der Waals surface area contributed by atoms with Crippen molar-refractivity contribution in [3.8, 4) is 5.75 Å². The average Bonchev–Trinajstić information content (AvgIpc) is 2.61. The van der Waals surface area contributed by atoms with E-state index in [2.05, 4.69) is 10.7 Å². The molecule has 0 bridgehead atoms. The molecule has 8 heteroatoms. The van der Waals surface area contributed by atoms with Crippen LogP contribution in [-0.4, -0.2) is 24.3 Å². The molecule has 0 aromatic heterocycles. The molecule has 0 aliphatic carbocycles. The van der Waals surface area contributed by atoms with Crippen LogP contribution in [0.3, 0.4) is 0 Å². The quantitative estimate of drug-likeness (QED) is 0.571. The Morgan fingerprint density at radius 1 is 0.960 bits per heavy atom. The van der Waals surface area contributed by atoms with Crippen LogP contribution in [0.25, 0.3) is 0 Å². The van der Waals surface area contributed by atoms with Crippen molar-refractivity contribution in [1.29, 1.82) is 0 Å². The van der Waals surface area contributed by atoms with Gasteiger partial charge in [0.25, 0.3) is 5.91 Å². The van der Waals surface area contributed by atoms with E-state index >= 15 is 0 Å². The predicted octanol–water partition coefficient (Wildman–Crippen LogP) is 1.81. The lowest BCUT2D eigenvalue weighted by atomic mass is 10.2. The van der Waals surface area contributed by atoms with E-state index in [1.165, 1.54) is 0 Å². The second kappa shape index (κ2) is 8.70. The van der Waals surface area contributed by atoms with Crippen molar-refractivity contribution in [2.75, 3.05) is 11.9 Å². The highest BCUT2D eigenvalue weighted by Gasteiger charge is 2.15. The van der Waals surface area contributed by atoms with E-state index in [-0.39, 0.29) is 6.61 Å². The summed E-state index contributed by atoms with van der Waals surface area (Å²) in [6, 6.07) is 13.4. The fourth-order valence-corrected chi connectivity index (χ4v) is 1.92. The summed E-state index contributed by atoms with van der Waals surface area (Å²) in [6.07, 6.45) is 0. The molecule has 0 radical (unpaired) electrons. The zero-order chi connectivity index (χ0) is 18.2. The van der Waals surface area contributed by atoms with Gasteiger partial charge in [-0.25, -0.2) is 0 Å². The van der Waals surface area contributed by atoms with E-state index in [1.54, 1.807) is 49.4 Å². The van der Waals surface area contributed by atoms with E-state index in [9.17, 15) is 14.4 Å². The normalized spacial score (nSPS) is 9.84.